The summed E-state index contributed by atoms with van der Waals surface area (Å²) in [5, 5.41) is 0. The molecule has 0 aromatic heterocycles. The number of nitrogens with zero attached hydrogens (tertiary/aromatic N) is 2. The lowest BCUT2D eigenvalue weighted by molar-refractivity contribution is 0.415. The number of methoxy groups -OCH3 is 1. The van der Waals surface area contributed by atoms with E-state index in [1.165, 1.54) is 21.2 Å². The first-order chi connectivity index (χ1) is 12.2. The number of anilines is 2. The van der Waals surface area contributed by atoms with E-state index in [9.17, 15) is 0 Å². The Morgan fingerprint density at radius 3 is 2.48 bits per heavy atom. The highest BCUT2D eigenvalue weighted by atomic mass is 32.2. The zero-order chi connectivity index (χ0) is 17.2. The van der Waals surface area contributed by atoms with E-state index in [1.54, 1.807) is 18.9 Å². The molecule has 0 saturated heterocycles. The van der Waals surface area contributed by atoms with Gasteiger partial charge >= 0.3 is 0 Å². The minimum Gasteiger partial charge on any atom is -0.497 e. The summed E-state index contributed by atoms with van der Waals surface area (Å²) >= 11 is 1.79. The van der Waals surface area contributed by atoms with Gasteiger partial charge in [-0.25, -0.2) is 0 Å². The van der Waals surface area contributed by atoms with Crippen molar-refractivity contribution in [2.45, 2.75) is 9.79 Å². The predicted molar refractivity (Wildman–Crippen MR) is 105 cm³/mol. The normalized spacial score (nSPS) is 12.8. The zero-order valence-corrected chi connectivity index (χ0v) is 15.0. The van der Waals surface area contributed by atoms with Gasteiger partial charge in [0.05, 0.1) is 24.2 Å². The van der Waals surface area contributed by atoms with Crippen LogP contribution in [0.4, 0.5) is 17.1 Å². The van der Waals surface area contributed by atoms with E-state index >= 15 is 0 Å². The summed E-state index contributed by atoms with van der Waals surface area (Å²) in [4.78, 5) is 9.36. The maximum absolute atomic E-state index is 5.18. The molecule has 0 saturated carbocycles. The van der Waals surface area contributed by atoms with Crippen LogP contribution >= 0.6 is 11.8 Å². The van der Waals surface area contributed by atoms with Crippen LogP contribution in [0.25, 0.3) is 0 Å². The van der Waals surface area contributed by atoms with Gasteiger partial charge < -0.3 is 9.64 Å². The molecule has 4 heteroatoms. The highest BCUT2D eigenvalue weighted by Crippen LogP contribution is 2.48. The quantitative estimate of drug-likeness (QED) is 0.571. The van der Waals surface area contributed by atoms with E-state index in [1.807, 2.05) is 30.5 Å². The van der Waals surface area contributed by atoms with Crippen LogP contribution in [-0.2, 0) is 0 Å². The molecule has 3 aromatic carbocycles. The second-order valence-electron chi connectivity index (χ2n) is 5.81. The molecule has 3 aromatic rings. The molecule has 0 spiro atoms. The molecule has 1 aliphatic rings. The Bertz CT molecular complexity index is 935. The second kappa shape index (κ2) is 6.65. The van der Waals surface area contributed by atoms with Crippen molar-refractivity contribution in [2.75, 3.05) is 19.1 Å². The average Bonchev–Trinajstić information content (AvgIpc) is 2.67. The molecule has 124 valence electrons. The molecule has 0 atom stereocenters. The molecule has 3 nitrogen and oxygen atoms in total. The van der Waals surface area contributed by atoms with Crippen LogP contribution in [0.15, 0.2) is 81.5 Å². The molecule has 0 bridgehead atoms. The van der Waals surface area contributed by atoms with Gasteiger partial charge in [0.1, 0.15) is 5.75 Å². The summed E-state index contributed by atoms with van der Waals surface area (Å²) in [7, 11) is 3.78. The predicted octanol–water partition coefficient (Wildman–Crippen LogP) is 5.68. The van der Waals surface area contributed by atoms with Crippen molar-refractivity contribution in [1.82, 2.24) is 0 Å². The number of hydrogen-bond donors (Lipinski definition) is 0. The van der Waals surface area contributed by atoms with Crippen molar-refractivity contribution in [3.8, 4) is 5.75 Å². The molecular weight excluding hydrogens is 328 g/mol. The molecule has 0 N–H and O–H groups in total. The third-order valence-electron chi connectivity index (χ3n) is 4.23. The van der Waals surface area contributed by atoms with Crippen molar-refractivity contribution in [3.63, 3.8) is 0 Å². The first-order valence-corrected chi connectivity index (χ1v) is 8.89. The van der Waals surface area contributed by atoms with Gasteiger partial charge in [-0.3, -0.25) is 4.99 Å². The Balaban J connectivity index is 1.60. The van der Waals surface area contributed by atoms with Crippen molar-refractivity contribution in [2.24, 2.45) is 4.99 Å². The van der Waals surface area contributed by atoms with Crippen LogP contribution < -0.4 is 9.64 Å². The fourth-order valence-electron chi connectivity index (χ4n) is 2.85. The van der Waals surface area contributed by atoms with Gasteiger partial charge in [-0.2, -0.15) is 0 Å². The number of rotatable bonds is 3. The van der Waals surface area contributed by atoms with Crippen LogP contribution in [0.1, 0.15) is 5.56 Å². The van der Waals surface area contributed by atoms with Crippen molar-refractivity contribution in [1.29, 1.82) is 0 Å². The number of para-hydroxylation sites is 1. The molecule has 0 amide bonds. The fourth-order valence-corrected chi connectivity index (χ4v) is 4.03. The van der Waals surface area contributed by atoms with Gasteiger partial charge in [-0.1, -0.05) is 23.9 Å². The molecule has 1 aliphatic heterocycles. The zero-order valence-electron chi connectivity index (χ0n) is 14.1. The third-order valence-corrected chi connectivity index (χ3v) is 5.34. The highest BCUT2D eigenvalue weighted by Gasteiger charge is 2.20. The maximum atomic E-state index is 5.18. The summed E-state index contributed by atoms with van der Waals surface area (Å²) < 4.78 is 5.18. The Morgan fingerprint density at radius 2 is 1.68 bits per heavy atom. The summed E-state index contributed by atoms with van der Waals surface area (Å²) in [5.41, 5.74) is 4.46. The lowest BCUT2D eigenvalue weighted by Crippen LogP contribution is -2.14. The summed E-state index contributed by atoms with van der Waals surface area (Å²) in [5.74, 6) is 0.851. The van der Waals surface area contributed by atoms with Gasteiger partial charge in [0.15, 0.2) is 0 Å². The number of benzene rings is 3. The molecule has 0 aliphatic carbocycles. The highest BCUT2D eigenvalue weighted by molar-refractivity contribution is 7.99. The van der Waals surface area contributed by atoms with E-state index < -0.39 is 0 Å². The SMILES string of the molecule is COc1ccc(C=Nc2ccc3c(c2)Sc2ccccc2N3C)cc1. The van der Waals surface area contributed by atoms with Gasteiger partial charge in [0, 0.05) is 23.1 Å². The lowest BCUT2D eigenvalue weighted by atomic mass is 10.2. The Hall–Kier alpha value is -2.72. The number of hydrogen-bond acceptors (Lipinski definition) is 4. The largest absolute Gasteiger partial charge is 0.497 e. The van der Waals surface area contributed by atoms with Crippen molar-refractivity contribution >= 4 is 35.0 Å². The molecule has 25 heavy (non-hydrogen) atoms. The van der Waals surface area contributed by atoms with Gasteiger partial charge in [-0.15, -0.1) is 0 Å². The molecule has 0 unspecified atom stereocenters. The summed E-state index contributed by atoms with van der Waals surface area (Å²) in [6, 6.07) is 22.7. The van der Waals surface area contributed by atoms with Gasteiger partial charge in [-0.05, 0) is 60.2 Å². The van der Waals surface area contributed by atoms with Crippen LogP contribution in [0, 0.1) is 0 Å². The standard InChI is InChI=1S/C21H18N2OS/c1-23-18-5-3-4-6-20(18)25-21-13-16(9-12-19(21)23)22-14-15-7-10-17(24-2)11-8-15/h3-14H,1-2H3. The maximum Gasteiger partial charge on any atom is 0.118 e. The van der Waals surface area contributed by atoms with Crippen LogP contribution in [0.3, 0.4) is 0 Å². The molecular formula is C21H18N2OS. The van der Waals surface area contributed by atoms with E-state index in [-0.39, 0.29) is 0 Å². The van der Waals surface area contributed by atoms with E-state index in [0.717, 1.165) is 17.0 Å². The molecule has 0 fully saturated rings. The fraction of sp³-hybridized carbons (Fsp3) is 0.0952. The van der Waals surface area contributed by atoms with Crippen molar-refractivity contribution < 1.29 is 4.74 Å². The first-order valence-electron chi connectivity index (χ1n) is 8.07. The average molecular weight is 346 g/mol. The van der Waals surface area contributed by atoms with E-state index in [4.69, 9.17) is 4.74 Å². The summed E-state index contributed by atoms with van der Waals surface area (Å²) in [6.45, 7) is 0. The van der Waals surface area contributed by atoms with E-state index in [0.29, 0.717) is 0 Å². The Kier molecular flexibility index (Phi) is 4.20. The Labute approximate surface area is 152 Å². The topological polar surface area (TPSA) is 24.8 Å². The van der Waals surface area contributed by atoms with Gasteiger partial charge in [0.25, 0.3) is 0 Å². The second-order valence-corrected chi connectivity index (χ2v) is 6.90. The summed E-state index contributed by atoms with van der Waals surface area (Å²) in [6.07, 6.45) is 1.88. The lowest BCUT2D eigenvalue weighted by Gasteiger charge is -2.29. The molecule has 1 heterocycles. The van der Waals surface area contributed by atoms with Gasteiger partial charge in [0.2, 0.25) is 0 Å². The monoisotopic (exact) mass is 346 g/mol. The number of fused-ring (bicyclic) bond motifs is 2. The van der Waals surface area contributed by atoms with E-state index in [2.05, 4.69) is 59.4 Å². The minimum atomic E-state index is 0.851. The number of ether oxygens (including phenoxy) is 1. The molecule has 4 rings (SSSR count). The van der Waals surface area contributed by atoms with Crippen LogP contribution in [0.2, 0.25) is 0 Å². The van der Waals surface area contributed by atoms with Crippen LogP contribution in [-0.4, -0.2) is 20.4 Å². The van der Waals surface area contributed by atoms with Crippen LogP contribution in [0.5, 0.6) is 5.75 Å². The minimum absolute atomic E-state index is 0.851. The number of aliphatic imine (C=N–C) groups is 1. The first kappa shape index (κ1) is 15.8. The smallest absolute Gasteiger partial charge is 0.118 e. The molecule has 0 radical (unpaired) electrons. The van der Waals surface area contributed by atoms with Crippen molar-refractivity contribution in [3.05, 3.63) is 72.3 Å². The third kappa shape index (κ3) is 3.13. The Morgan fingerprint density at radius 1 is 0.920 bits per heavy atom.